The number of furan rings is 1. The van der Waals surface area contributed by atoms with Crippen LogP contribution in [0.15, 0.2) is 196 Å². The summed E-state index contributed by atoms with van der Waals surface area (Å²) in [6.07, 6.45) is 1.79. The number of nitrogens with zero attached hydrogens (tertiary/aromatic N) is 3. The van der Waals surface area contributed by atoms with Gasteiger partial charge in [-0.3, -0.25) is 5.41 Å². The molecule has 6 heteroatoms. The summed E-state index contributed by atoms with van der Waals surface area (Å²) in [4.78, 5) is 9.51. The highest BCUT2D eigenvalue weighted by atomic mass is 32.1. The zero-order valence-corrected chi connectivity index (χ0v) is 31.4. The van der Waals surface area contributed by atoms with E-state index in [-0.39, 0.29) is 5.84 Å². The summed E-state index contributed by atoms with van der Waals surface area (Å²) < 4.78 is 11.3. The van der Waals surface area contributed by atoms with Crippen molar-refractivity contribution in [1.82, 2.24) is 4.57 Å². The van der Waals surface area contributed by atoms with Crippen molar-refractivity contribution < 1.29 is 4.42 Å². The van der Waals surface area contributed by atoms with E-state index in [1.165, 1.54) is 47.7 Å². The first kappa shape index (κ1) is 33.0. The van der Waals surface area contributed by atoms with Crippen LogP contribution in [0.5, 0.6) is 0 Å². The molecule has 0 atom stereocenters. The van der Waals surface area contributed by atoms with Crippen molar-refractivity contribution in [2.24, 2.45) is 9.98 Å². The van der Waals surface area contributed by atoms with E-state index in [2.05, 4.69) is 102 Å². The lowest BCUT2D eigenvalue weighted by Gasteiger charge is -2.10. The Kier molecular flexibility index (Phi) is 7.76. The van der Waals surface area contributed by atoms with Gasteiger partial charge in [0.05, 0.1) is 16.7 Å². The van der Waals surface area contributed by atoms with E-state index in [0.29, 0.717) is 11.4 Å². The van der Waals surface area contributed by atoms with E-state index in [1.54, 1.807) is 6.21 Å². The van der Waals surface area contributed by atoms with Gasteiger partial charge in [-0.1, -0.05) is 127 Å². The fraction of sp³-hybridized carbons (Fsp3) is 0. The number of para-hydroxylation sites is 2. The van der Waals surface area contributed by atoms with Crippen LogP contribution in [0.3, 0.4) is 0 Å². The van der Waals surface area contributed by atoms with Gasteiger partial charge in [0.1, 0.15) is 11.2 Å². The second-order valence-electron chi connectivity index (χ2n) is 14.1. The lowest BCUT2D eigenvalue weighted by Crippen LogP contribution is -2.04. The Morgan fingerprint density at radius 1 is 0.544 bits per heavy atom. The third-order valence-corrected chi connectivity index (χ3v) is 11.9. The molecule has 0 fully saturated rings. The van der Waals surface area contributed by atoms with E-state index < -0.39 is 0 Å². The largest absolute Gasteiger partial charge is 0.456 e. The summed E-state index contributed by atoms with van der Waals surface area (Å²) in [5.41, 5.74) is 9.84. The Hall–Kier alpha value is -7.41. The molecule has 0 aliphatic carbocycles. The summed E-state index contributed by atoms with van der Waals surface area (Å²) >= 11 is 1.83. The Bertz CT molecular complexity index is 3370. The average Bonchev–Trinajstić information content (AvgIpc) is 3.95. The van der Waals surface area contributed by atoms with Crippen LogP contribution in [0.4, 0.5) is 0 Å². The number of aliphatic imine (C=N–C) groups is 2. The number of nitrogens with one attached hydrogen (secondary N) is 1. The van der Waals surface area contributed by atoms with Gasteiger partial charge in [-0.15, -0.1) is 11.3 Å². The molecule has 0 spiro atoms. The van der Waals surface area contributed by atoms with Crippen LogP contribution in [-0.2, 0) is 0 Å². The monoisotopic (exact) mass is 748 g/mol. The highest BCUT2D eigenvalue weighted by Gasteiger charge is 2.19. The van der Waals surface area contributed by atoms with Gasteiger partial charge in [-0.2, -0.15) is 0 Å². The van der Waals surface area contributed by atoms with Crippen molar-refractivity contribution in [3.8, 4) is 16.8 Å². The van der Waals surface area contributed by atoms with E-state index >= 15 is 0 Å². The van der Waals surface area contributed by atoms with Crippen molar-refractivity contribution in [2.75, 3.05) is 0 Å². The van der Waals surface area contributed by atoms with Crippen molar-refractivity contribution in [3.63, 3.8) is 0 Å². The number of benzene rings is 8. The van der Waals surface area contributed by atoms with Crippen LogP contribution in [0.25, 0.3) is 80.7 Å². The first-order valence-corrected chi connectivity index (χ1v) is 19.7. The Morgan fingerprint density at radius 2 is 1.26 bits per heavy atom. The van der Waals surface area contributed by atoms with Gasteiger partial charge in [-0.25, -0.2) is 9.98 Å². The van der Waals surface area contributed by atoms with Gasteiger partial charge in [0.25, 0.3) is 0 Å². The topological polar surface area (TPSA) is 66.6 Å². The molecule has 11 aromatic rings. The summed E-state index contributed by atoms with van der Waals surface area (Å²) in [5.74, 6) is 0.596. The predicted octanol–water partition coefficient (Wildman–Crippen LogP) is 13.6. The summed E-state index contributed by atoms with van der Waals surface area (Å²) in [7, 11) is 0. The molecule has 0 saturated carbocycles. The number of thiophene rings is 1. The van der Waals surface area contributed by atoms with Crippen molar-refractivity contribution in [2.45, 2.75) is 0 Å². The SMILES string of the molecule is N=C(N=C(N=Cc1ccccc1)c1ccccc1)c1ccc2oc3cccc(-c4ccc5c(c4)sc4cccc(-n6c7ccccc7c7ccccc76)c45)c3c2c1. The third-order valence-electron chi connectivity index (χ3n) is 10.8. The smallest absolute Gasteiger partial charge is 0.161 e. The minimum absolute atomic E-state index is 0.124. The number of fused-ring (bicyclic) bond motifs is 9. The fourth-order valence-corrected chi connectivity index (χ4v) is 9.32. The molecule has 5 nitrogen and oxygen atoms in total. The molecule has 0 bridgehead atoms. The minimum atomic E-state index is 0.124. The second kappa shape index (κ2) is 13.4. The molecule has 1 N–H and O–H groups in total. The van der Waals surface area contributed by atoms with Crippen LogP contribution >= 0.6 is 11.3 Å². The number of aromatic nitrogens is 1. The van der Waals surface area contributed by atoms with Crippen LogP contribution < -0.4 is 0 Å². The fourth-order valence-electron chi connectivity index (χ4n) is 8.16. The molecule has 0 radical (unpaired) electrons. The maximum absolute atomic E-state index is 9.16. The zero-order chi connectivity index (χ0) is 37.9. The maximum Gasteiger partial charge on any atom is 0.161 e. The molecule has 0 saturated heterocycles. The third kappa shape index (κ3) is 5.57. The van der Waals surface area contributed by atoms with Gasteiger partial charge in [0.2, 0.25) is 0 Å². The Balaban J connectivity index is 1.02. The first-order chi connectivity index (χ1) is 28.2. The minimum Gasteiger partial charge on any atom is -0.456 e. The zero-order valence-electron chi connectivity index (χ0n) is 30.6. The van der Waals surface area contributed by atoms with Gasteiger partial charge in [-0.05, 0) is 71.3 Å². The standard InChI is InChI=1S/C51H32N4OS/c52-50(54-51(33-15-5-2-6-16-33)53-31-32-13-3-1-4-14-32)35-26-28-44-40(29-35)48-36(19-11-23-45(48)56-44)34-25-27-39-47(30-34)57-46-24-12-22-43(49(39)46)55-41-20-9-7-17-37(41)38-18-8-10-21-42(38)55/h1-31,52H. The maximum atomic E-state index is 9.16. The molecule has 57 heavy (non-hydrogen) atoms. The molecule has 3 aromatic heterocycles. The van der Waals surface area contributed by atoms with Gasteiger partial charge in [0, 0.05) is 59.1 Å². The molecule has 0 aliphatic rings. The molecule has 268 valence electrons. The van der Waals surface area contributed by atoms with Crippen molar-refractivity contribution >= 4 is 93.1 Å². The van der Waals surface area contributed by atoms with Gasteiger partial charge < -0.3 is 8.98 Å². The van der Waals surface area contributed by atoms with E-state index in [0.717, 1.165) is 44.2 Å². The van der Waals surface area contributed by atoms with Crippen molar-refractivity contribution in [1.29, 1.82) is 5.41 Å². The van der Waals surface area contributed by atoms with Crippen LogP contribution in [0.2, 0.25) is 0 Å². The van der Waals surface area contributed by atoms with Crippen LogP contribution in [-0.4, -0.2) is 22.5 Å². The highest BCUT2D eigenvalue weighted by molar-refractivity contribution is 7.26. The van der Waals surface area contributed by atoms with E-state index in [9.17, 15) is 0 Å². The molecule has 3 heterocycles. The summed E-state index contributed by atoms with van der Waals surface area (Å²) in [6, 6.07) is 62.7. The molecule has 0 amide bonds. The van der Waals surface area contributed by atoms with Crippen molar-refractivity contribution in [3.05, 3.63) is 199 Å². The molecule has 0 aliphatic heterocycles. The Morgan fingerprint density at radius 3 is 2.05 bits per heavy atom. The van der Waals surface area contributed by atoms with Crippen LogP contribution in [0, 0.1) is 5.41 Å². The lowest BCUT2D eigenvalue weighted by atomic mass is 9.97. The number of hydrogen-bond donors (Lipinski definition) is 1. The predicted molar refractivity (Wildman–Crippen MR) is 240 cm³/mol. The number of rotatable bonds is 5. The van der Waals surface area contributed by atoms with Gasteiger partial charge >= 0.3 is 0 Å². The Labute approximate surface area is 331 Å². The molecule has 11 rings (SSSR count). The second-order valence-corrected chi connectivity index (χ2v) is 15.2. The summed E-state index contributed by atoms with van der Waals surface area (Å²) in [6.45, 7) is 0. The lowest BCUT2D eigenvalue weighted by molar-refractivity contribution is 0.669. The average molecular weight is 749 g/mol. The molecular weight excluding hydrogens is 717 g/mol. The van der Waals surface area contributed by atoms with Crippen LogP contribution in [0.1, 0.15) is 16.7 Å². The molecule has 0 unspecified atom stereocenters. The number of amidine groups is 2. The van der Waals surface area contributed by atoms with E-state index in [4.69, 9.17) is 19.8 Å². The first-order valence-electron chi connectivity index (χ1n) is 18.9. The quantitative estimate of drug-likeness (QED) is 0.138. The van der Waals surface area contributed by atoms with E-state index in [1.807, 2.05) is 96.3 Å². The van der Waals surface area contributed by atoms with Gasteiger partial charge in [0.15, 0.2) is 11.7 Å². The normalized spacial score (nSPS) is 12.3. The number of hydrogen-bond acceptors (Lipinski definition) is 3. The summed E-state index contributed by atoms with van der Waals surface area (Å²) in [5, 5.41) is 16.1. The molecular formula is C51H32N4OS. The highest BCUT2D eigenvalue weighted by Crippen LogP contribution is 2.44. The molecule has 8 aromatic carbocycles.